The van der Waals surface area contributed by atoms with E-state index < -0.39 is 0 Å². The lowest BCUT2D eigenvalue weighted by Crippen LogP contribution is -2.26. The average Bonchev–Trinajstić information content (AvgIpc) is 2.57. The molecule has 0 aromatic carbocycles. The minimum atomic E-state index is 0.512. The highest BCUT2D eigenvalue weighted by Crippen LogP contribution is 2.15. The molecule has 0 bridgehead atoms. The van der Waals surface area contributed by atoms with Crippen LogP contribution in [0.3, 0.4) is 0 Å². The predicted molar refractivity (Wildman–Crippen MR) is 66.8 cm³/mol. The maximum atomic E-state index is 4.65. The Hall–Kier alpha value is -1.35. The second-order valence-corrected chi connectivity index (χ2v) is 4.58. The van der Waals surface area contributed by atoms with Crippen LogP contribution in [0.1, 0.15) is 18.4 Å². The summed E-state index contributed by atoms with van der Waals surface area (Å²) in [6.45, 7) is 4.28. The number of hydrogen-bond donors (Lipinski definition) is 0. The first-order chi connectivity index (χ1) is 7.59. The average molecular weight is 217 g/mol. The first kappa shape index (κ1) is 11.1. The normalized spacial score (nSPS) is 13.6. The number of aromatic nitrogens is 2. The fraction of sp³-hybridized carbons (Fsp3) is 0.462. The van der Waals surface area contributed by atoms with E-state index in [4.69, 9.17) is 0 Å². The molecule has 0 aliphatic rings. The largest absolute Gasteiger partial charge is 0.306 e. The predicted octanol–water partition coefficient (Wildman–Crippen LogP) is 2.14. The second-order valence-electron chi connectivity index (χ2n) is 4.58. The van der Waals surface area contributed by atoms with Crippen LogP contribution in [0, 0.1) is 6.92 Å². The zero-order valence-corrected chi connectivity index (χ0v) is 10.4. The van der Waals surface area contributed by atoms with Crippen LogP contribution >= 0.6 is 0 Å². The van der Waals surface area contributed by atoms with Crippen LogP contribution in [-0.4, -0.2) is 34.4 Å². The lowest BCUT2D eigenvalue weighted by Gasteiger charge is -2.18. The van der Waals surface area contributed by atoms with E-state index in [2.05, 4.69) is 60.6 Å². The van der Waals surface area contributed by atoms with Crippen molar-refractivity contribution in [3.63, 3.8) is 0 Å². The Labute approximate surface area is 96.7 Å². The van der Waals surface area contributed by atoms with Gasteiger partial charge in [-0.05, 0) is 40.1 Å². The van der Waals surface area contributed by atoms with Crippen LogP contribution < -0.4 is 0 Å². The molecule has 0 N–H and O–H groups in total. The number of hydrogen-bond acceptors (Lipinski definition) is 2. The molecule has 1 atom stereocenters. The Balaban J connectivity index is 2.38. The highest BCUT2D eigenvalue weighted by atomic mass is 15.1. The maximum absolute atomic E-state index is 4.65. The van der Waals surface area contributed by atoms with E-state index in [0.29, 0.717) is 6.04 Å². The number of rotatable bonds is 3. The van der Waals surface area contributed by atoms with Gasteiger partial charge >= 0.3 is 0 Å². The van der Waals surface area contributed by atoms with E-state index in [0.717, 1.165) is 12.2 Å². The molecule has 3 nitrogen and oxygen atoms in total. The second kappa shape index (κ2) is 4.26. The van der Waals surface area contributed by atoms with Gasteiger partial charge in [0.1, 0.15) is 5.82 Å². The quantitative estimate of drug-likeness (QED) is 0.785. The van der Waals surface area contributed by atoms with Crippen LogP contribution in [0.4, 0.5) is 0 Å². The molecular weight excluding hydrogens is 198 g/mol. The molecule has 1 unspecified atom stereocenters. The van der Waals surface area contributed by atoms with Crippen molar-refractivity contribution in [2.24, 2.45) is 0 Å². The molecule has 0 radical (unpaired) electrons. The Morgan fingerprint density at radius 2 is 2.12 bits per heavy atom. The van der Waals surface area contributed by atoms with Gasteiger partial charge in [0.15, 0.2) is 0 Å². The maximum Gasteiger partial charge on any atom is 0.110 e. The van der Waals surface area contributed by atoms with Crippen LogP contribution in [0.2, 0.25) is 0 Å². The topological polar surface area (TPSA) is 20.5 Å². The number of aryl methyl sites for hydroxylation is 1. The minimum absolute atomic E-state index is 0.512. The van der Waals surface area contributed by atoms with Crippen LogP contribution in [-0.2, 0) is 6.42 Å². The van der Waals surface area contributed by atoms with E-state index in [1.807, 2.05) is 6.07 Å². The van der Waals surface area contributed by atoms with Crippen molar-refractivity contribution in [1.82, 2.24) is 14.3 Å². The summed E-state index contributed by atoms with van der Waals surface area (Å²) in [7, 11) is 4.21. The number of nitrogens with zero attached hydrogens (tertiary/aromatic N) is 3. The summed E-state index contributed by atoms with van der Waals surface area (Å²) in [5, 5.41) is 0. The number of fused-ring (bicyclic) bond motifs is 1. The zero-order valence-electron chi connectivity index (χ0n) is 10.4. The molecule has 0 aliphatic heterocycles. The van der Waals surface area contributed by atoms with Crippen molar-refractivity contribution >= 4 is 5.52 Å². The fourth-order valence-corrected chi connectivity index (χ4v) is 1.88. The third-order valence-corrected chi connectivity index (χ3v) is 3.17. The molecule has 0 fully saturated rings. The molecule has 0 amide bonds. The first-order valence-corrected chi connectivity index (χ1v) is 5.68. The van der Waals surface area contributed by atoms with Gasteiger partial charge in [-0.2, -0.15) is 0 Å². The molecule has 0 saturated heterocycles. The summed E-state index contributed by atoms with van der Waals surface area (Å²) >= 11 is 0. The number of imidazole rings is 1. The summed E-state index contributed by atoms with van der Waals surface area (Å²) in [6.07, 6.45) is 3.07. The van der Waals surface area contributed by atoms with Gasteiger partial charge in [-0.25, -0.2) is 4.98 Å². The molecule has 3 heteroatoms. The summed E-state index contributed by atoms with van der Waals surface area (Å²) in [5.74, 6) is 1.07. The van der Waals surface area contributed by atoms with Gasteiger partial charge < -0.3 is 9.30 Å². The summed E-state index contributed by atoms with van der Waals surface area (Å²) in [4.78, 5) is 6.87. The zero-order chi connectivity index (χ0) is 11.7. The van der Waals surface area contributed by atoms with E-state index in [1.165, 1.54) is 11.2 Å². The molecule has 0 spiro atoms. The van der Waals surface area contributed by atoms with Crippen molar-refractivity contribution in [1.29, 1.82) is 0 Å². The molecule has 2 aromatic heterocycles. The van der Waals surface area contributed by atoms with Crippen LogP contribution in [0.5, 0.6) is 0 Å². The van der Waals surface area contributed by atoms with Crippen molar-refractivity contribution in [2.75, 3.05) is 14.1 Å². The Morgan fingerprint density at radius 3 is 2.81 bits per heavy atom. The van der Waals surface area contributed by atoms with Crippen molar-refractivity contribution in [2.45, 2.75) is 26.3 Å². The van der Waals surface area contributed by atoms with Crippen LogP contribution in [0.15, 0.2) is 24.4 Å². The van der Waals surface area contributed by atoms with Crippen molar-refractivity contribution in [3.05, 3.63) is 35.9 Å². The van der Waals surface area contributed by atoms with Gasteiger partial charge in [0.05, 0.1) is 11.2 Å². The van der Waals surface area contributed by atoms with Gasteiger partial charge in [0.25, 0.3) is 0 Å². The molecular formula is C13H19N3. The van der Waals surface area contributed by atoms with E-state index in [-0.39, 0.29) is 0 Å². The third kappa shape index (κ3) is 1.95. The van der Waals surface area contributed by atoms with Gasteiger partial charge in [-0.15, -0.1) is 0 Å². The summed E-state index contributed by atoms with van der Waals surface area (Å²) in [6, 6.07) is 6.76. The van der Waals surface area contributed by atoms with Gasteiger partial charge in [0.2, 0.25) is 0 Å². The first-order valence-electron chi connectivity index (χ1n) is 5.68. The highest BCUT2D eigenvalue weighted by molar-refractivity contribution is 5.53. The van der Waals surface area contributed by atoms with Gasteiger partial charge in [-0.1, -0.05) is 6.07 Å². The highest BCUT2D eigenvalue weighted by Gasteiger charge is 2.12. The van der Waals surface area contributed by atoms with E-state index >= 15 is 0 Å². The standard InChI is InChI=1S/C13H19N3/c1-10(15(3)4)9-12-13-7-5-6-8-16(13)11(2)14-12/h5-8,10H,9H2,1-4H3. The molecule has 86 valence electrons. The van der Waals surface area contributed by atoms with E-state index in [9.17, 15) is 0 Å². The molecule has 2 heterocycles. The summed E-state index contributed by atoms with van der Waals surface area (Å²) < 4.78 is 2.15. The molecule has 2 rings (SSSR count). The molecule has 0 saturated carbocycles. The smallest absolute Gasteiger partial charge is 0.110 e. The van der Waals surface area contributed by atoms with Crippen molar-refractivity contribution in [3.8, 4) is 0 Å². The Kier molecular flexibility index (Phi) is 2.97. The fourth-order valence-electron chi connectivity index (χ4n) is 1.88. The van der Waals surface area contributed by atoms with Gasteiger partial charge in [0, 0.05) is 18.7 Å². The molecule has 16 heavy (non-hydrogen) atoms. The molecule has 0 aliphatic carbocycles. The molecule has 2 aromatic rings. The number of pyridine rings is 1. The van der Waals surface area contributed by atoms with Crippen molar-refractivity contribution < 1.29 is 0 Å². The third-order valence-electron chi connectivity index (χ3n) is 3.17. The SMILES string of the molecule is Cc1nc(CC(C)N(C)C)c2ccccn12. The minimum Gasteiger partial charge on any atom is -0.306 e. The lowest BCUT2D eigenvalue weighted by molar-refractivity contribution is 0.311. The van der Waals surface area contributed by atoms with Gasteiger partial charge in [-0.3, -0.25) is 0 Å². The summed E-state index contributed by atoms with van der Waals surface area (Å²) in [5.41, 5.74) is 2.42. The Bertz CT molecular complexity index is 485. The van der Waals surface area contributed by atoms with Crippen LogP contribution in [0.25, 0.3) is 5.52 Å². The number of likely N-dealkylation sites (N-methyl/N-ethyl adjacent to an activating group) is 1. The van der Waals surface area contributed by atoms with E-state index in [1.54, 1.807) is 0 Å². The lowest BCUT2D eigenvalue weighted by atomic mass is 10.1. The monoisotopic (exact) mass is 217 g/mol. The Morgan fingerprint density at radius 1 is 1.38 bits per heavy atom.